The van der Waals surface area contributed by atoms with E-state index in [2.05, 4.69) is 50.7 Å². The average Bonchev–Trinajstić information content (AvgIpc) is 3.02. The molecule has 0 saturated carbocycles. The highest BCUT2D eigenvalue weighted by molar-refractivity contribution is 5.84. The van der Waals surface area contributed by atoms with E-state index in [1.165, 1.54) is 16.5 Å². The number of hydrogen-bond acceptors (Lipinski definition) is 3. The summed E-state index contributed by atoms with van der Waals surface area (Å²) < 4.78 is 3.99. The first-order chi connectivity index (χ1) is 9.78. The Labute approximate surface area is 118 Å². The first kappa shape index (κ1) is 12.9. The molecule has 3 aromatic rings. The van der Waals surface area contributed by atoms with Crippen molar-refractivity contribution >= 4 is 10.9 Å². The predicted molar refractivity (Wildman–Crippen MR) is 79.7 cm³/mol. The number of aromatic nitrogens is 4. The van der Waals surface area contributed by atoms with Gasteiger partial charge in [-0.2, -0.15) is 0 Å². The molecule has 5 nitrogen and oxygen atoms in total. The van der Waals surface area contributed by atoms with Gasteiger partial charge in [-0.1, -0.05) is 23.4 Å². The Hall–Kier alpha value is -2.14. The highest BCUT2D eigenvalue weighted by Gasteiger charge is 2.09. The molecule has 0 aliphatic heterocycles. The summed E-state index contributed by atoms with van der Waals surface area (Å²) in [5.74, 6) is 0. The van der Waals surface area contributed by atoms with Gasteiger partial charge in [0.05, 0.1) is 6.54 Å². The zero-order valence-electron chi connectivity index (χ0n) is 11.9. The normalized spacial score (nSPS) is 11.3. The van der Waals surface area contributed by atoms with Crippen molar-refractivity contribution in [1.82, 2.24) is 24.9 Å². The molecule has 20 heavy (non-hydrogen) atoms. The van der Waals surface area contributed by atoms with Gasteiger partial charge < -0.3 is 9.88 Å². The SMILES string of the molecule is CNCCc1cn(Cc2cn(C)nn2)c2ccccc12. The number of aryl methyl sites for hydroxylation is 1. The van der Waals surface area contributed by atoms with Crippen molar-refractivity contribution in [3.8, 4) is 0 Å². The van der Waals surface area contributed by atoms with E-state index in [-0.39, 0.29) is 0 Å². The molecule has 0 radical (unpaired) electrons. The average molecular weight is 269 g/mol. The van der Waals surface area contributed by atoms with Gasteiger partial charge in [-0.3, -0.25) is 4.68 Å². The molecule has 0 atom stereocenters. The minimum Gasteiger partial charge on any atom is -0.341 e. The summed E-state index contributed by atoms with van der Waals surface area (Å²) >= 11 is 0. The number of nitrogens with zero attached hydrogens (tertiary/aromatic N) is 4. The minimum absolute atomic E-state index is 0.758. The second kappa shape index (κ2) is 5.46. The first-order valence-electron chi connectivity index (χ1n) is 6.84. The molecular weight excluding hydrogens is 250 g/mol. The van der Waals surface area contributed by atoms with Gasteiger partial charge in [0.25, 0.3) is 0 Å². The van der Waals surface area contributed by atoms with Gasteiger partial charge in [0.15, 0.2) is 0 Å². The van der Waals surface area contributed by atoms with Gasteiger partial charge in [-0.25, -0.2) is 0 Å². The molecular formula is C15H19N5. The molecule has 2 aromatic heterocycles. The molecule has 0 aliphatic rings. The quantitative estimate of drug-likeness (QED) is 0.765. The second-order valence-corrected chi connectivity index (χ2v) is 5.04. The van der Waals surface area contributed by atoms with Crippen LogP contribution >= 0.6 is 0 Å². The van der Waals surface area contributed by atoms with Gasteiger partial charge in [0.1, 0.15) is 5.69 Å². The van der Waals surface area contributed by atoms with Crippen molar-refractivity contribution in [2.45, 2.75) is 13.0 Å². The van der Waals surface area contributed by atoms with Crippen LogP contribution in [0.5, 0.6) is 0 Å². The Morgan fingerprint density at radius 2 is 2.05 bits per heavy atom. The molecule has 5 heteroatoms. The fourth-order valence-corrected chi connectivity index (χ4v) is 2.55. The van der Waals surface area contributed by atoms with E-state index in [1.54, 1.807) is 4.68 Å². The molecule has 104 valence electrons. The summed E-state index contributed by atoms with van der Waals surface area (Å²) in [7, 11) is 3.88. The second-order valence-electron chi connectivity index (χ2n) is 5.04. The van der Waals surface area contributed by atoms with Crippen LogP contribution in [0.1, 0.15) is 11.3 Å². The van der Waals surface area contributed by atoms with Crippen molar-refractivity contribution in [2.75, 3.05) is 13.6 Å². The summed E-state index contributed by atoms with van der Waals surface area (Å²) in [6.07, 6.45) is 5.23. The van der Waals surface area contributed by atoms with Crippen LogP contribution < -0.4 is 5.32 Å². The third-order valence-electron chi connectivity index (χ3n) is 3.50. The number of benzene rings is 1. The minimum atomic E-state index is 0.758. The Balaban J connectivity index is 1.97. The van der Waals surface area contributed by atoms with Gasteiger partial charge in [0, 0.05) is 30.3 Å². The first-order valence-corrected chi connectivity index (χ1v) is 6.84. The van der Waals surface area contributed by atoms with E-state index < -0.39 is 0 Å². The maximum Gasteiger partial charge on any atom is 0.102 e. The van der Waals surface area contributed by atoms with E-state index in [0.717, 1.165) is 25.2 Å². The fourth-order valence-electron chi connectivity index (χ4n) is 2.55. The lowest BCUT2D eigenvalue weighted by molar-refractivity contribution is 0.710. The maximum atomic E-state index is 4.17. The number of rotatable bonds is 5. The molecule has 0 saturated heterocycles. The van der Waals surface area contributed by atoms with E-state index in [1.807, 2.05) is 20.3 Å². The van der Waals surface area contributed by atoms with Crippen LogP contribution in [0.15, 0.2) is 36.7 Å². The van der Waals surface area contributed by atoms with Crippen LogP contribution in [0.3, 0.4) is 0 Å². The molecule has 1 N–H and O–H groups in total. The largest absolute Gasteiger partial charge is 0.341 e. The van der Waals surface area contributed by atoms with E-state index in [4.69, 9.17) is 0 Å². The van der Waals surface area contributed by atoms with Crippen molar-refractivity contribution in [3.63, 3.8) is 0 Å². The number of para-hydroxylation sites is 1. The third kappa shape index (κ3) is 2.44. The highest BCUT2D eigenvalue weighted by Crippen LogP contribution is 2.22. The lowest BCUT2D eigenvalue weighted by Gasteiger charge is -2.01. The van der Waals surface area contributed by atoms with E-state index >= 15 is 0 Å². The van der Waals surface area contributed by atoms with Crippen LogP contribution in [-0.4, -0.2) is 33.2 Å². The highest BCUT2D eigenvalue weighted by atomic mass is 15.4. The fraction of sp³-hybridized carbons (Fsp3) is 0.333. The van der Waals surface area contributed by atoms with Crippen LogP contribution in [0.2, 0.25) is 0 Å². The molecule has 1 aromatic carbocycles. The van der Waals surface area contributed by atoms with Crippen LogP contribution in [0, 0.1) is 0 Å². The summed E-state index contributed by atoms with van der Waals surface area (Å²) in [6.45, 7) is 1.74. The van der Waals surface area contributed by atoms with Gasteiger partial charge in [-0.15, -0.1) is 5.10 Å². The van der Waals surface area contributed by atoms with Crippen molar-refractivity contribution in [1.29, 1.82) is 0 Å². The summed E-state index contributed by atoms with van der Waals surface area (Å²) in [4.78, 5) is 0. The van der Waals surface area contributed by atoms with Gasteiger partial charge in [0.2, 0.25) is 0 Å². The van der Waals surface area contributed by atoms with Crippen molar-refractivity contribution < 1.29 is 0 Å². The van der Waals surface area contributed by atoms with Crippen LogP contribution in [0.25, 0.3) is 10.9 Å². The monoisotopic (exact) mass is 269 g/mol. The third-order valence-corrected chi connectivity index (χ3v) is 3.50. The van der Waals surface area contributed by atoms with Gasteiger partial charge >= 0.3 is 0 Å². The van der Waals surface area contributed by atoms with Crippen molar-refractivity contribution in [2.24, 2.45) is 7.05 Å². The molecule has 0 spiro atoms. The Morgan fingerprint density at radius 1 is 1.20 bits per heavy atom. The topological polar surface area (TPSA) is 47.7 Å². The summed E-state index contributed by atoms with van der Waals surface area (Å²) in [5, 5.41) is 12.7. The molecule has 3 rings (SSSR count). The van der Waals surface area contributed by atoms with E-state index in [9.17, 15) is 0 Å². The predicted octanol–water partition coefficient (Wildman–Crippen LogP) is 1.58. The molecule has 0 aliphatic carbocycles. The lowest BCUT2D eigenvalue weighted by Crippen LogP contribution is -2.10. The number of fused-ring (bicyclic) bond motifs is 1. The number of likely N-dealkylation sites (N-methyl/N-ethyl adjacent to an activating group) is 1. The molecule has 0 unspecified atom stereocenters. The Morgan fingerprint density at radius 3 is 2.80 bits per heavy atom. The zero-order valence-corrected chi connectivity index (χ0v) is 11.9. The zero-order chi connectivity index (χ0) is 13.9. The standard InChI is InChI=1S/C15H19N5/c1-16-8-7-12-9-20(11-13-10-19(2)18-17-13)15-6-4-3-5-14(12)15/h3-6,9-10,16H,7-8,11H2,1-2H3. The maximum absolute atomic E-state index is 4.17. The van der Waals surface area contributed by atoms with Gasteiger partial charge in [-0.05, 0) is 31.6 Å². The Kier molecular flexibility index (Phi) is 3.52. The van der Waals surface area contributed by atoms with Crippen molar-refractivity contribution in [3.05, 3.63) is 47.9 Å². The Bertz CT molecular complexity index is 710. The summed E-state index contributed by atoms with van der Waals surface area (Å²) in [6, 6.07) is 8.53. The lowest BCUT2D eigenvalue weighted by atomic mass is 10.1. The molecule has 0 fully saturated rings. The molecule has 0 amide bonds. The number of nitrogens with one attached hydrogen (secondary N) is 1. The van der Waals surface area contributed by atoms with E-state index in [0.29, 0.717) is 0 Å². The smallest absolute Gasteiger partial charge is 0.102 e. The van der Waals surface area contributed by atoms with Crippen LogP contribution in [-0.2, 0) is 20.0 Å². The van der Waals surface area contributed by atoms with Crippen LogP contribution in [0.4, 0.5) is 0 Å². The molecule has 0 bridgehead atoms. The molecule has 2 heterocycles. The summed E-state index contributed by atoms with van der Waals surface area (Å²) in [5.41, 5.74) is 3.61. The number of hydrogen-bond donors (Lipinski definition) is 1.